The number of methoxy groups -OCH3 is 1. The molecule has 0 fully saturated rings. The second-order valence-corrected chi connectivity index (χ2v) is 3.84. The molecule has 1 aromatic rings. The Kier molecular flexibility index (Phi) is 6.58. The van der Waals surface area contributed by atoms with E-state index in [1.54, 1.807) is 13.2 Å². The minimum Gasteiger partial charge on any atom is -0.493 e. The fourth-order valence-electron chi connectivity index (χ4n) is 1.57. The molecule has 1 aromatic carbocycles. The number of hydrogen-bond donors (Lipinski definition) is 1. The lowest BCUT2D eigenvalue weighted by Gasteiger charge is -2.11. The Balaban J connectivity index is 2.45. The van der Waals surface area contributed by atoms with Crippen LogP contribution in [0.15, 0.2) is 18.2 Å². The second kappa shape index (κ2) is 8.03. The van der Waals surface area contributed by atoms with Crippen LogP contribution in [0.5, 0.6) is 5.75 Å². The van der Waals surface area contributed by atoms with E-state index in [1.165, 1.54) is 12.1 Å². The molecule has 96 valence electrons. The van der Waals surface area contributed by atoms with Crippen molar-refractivity contribution >= 4 is 0 Å². The van der Waals surface area contributed by atoms with Crippen LogP contribution < -0.4 is 10.5 Å². The van der Waals surface area contributed by atoms with Gasteiger partial charge in [0.2, 0.25) is 0 Å². The van der Waals surface area contributed by atoms with Crippen molar-refractivity contribution in [3.63, 3.8) is 0 Å². The van der Waals surface area contributed by atoms with Crippen LogP contribution in [0.4, 0.5) is 4.39 Å². The van der Waals surface area contributed by atoms with Gasteiger partial charge in [-0.2, -0.15) is 0 Å². The lowest BCUT2D eigenvalue weighted by molar-refractivity contribution is 0.184. The molecule has 0 bridgehead atoms. The van der Waals surface area contributed by atoms with E-state index in [1.807, 2.05) is 0 Å². The Morgan fingerprint density at radius 1 is 1.24 bits per heavy atom. The molecule has 0 aliphatic carbocycles. The van der Waals surface area contributed by atoms with E-state index in [4.69, 9.17) is 15.2 Å². The number of ether oxygens (including phenoxy) is 2. The molecule has 0 heterocycles. The van der Waals surface area contributed by atoms with Crippen molar-refractivity contribution in [2.24, 2.45) is 5.73 Å². The third-order valence-electron chi connectivity index (χ3n) is 2.44. The number of halogens is 1. The van der Waals surface area contributed by atoms with Crippen LogP contribution in [0.25, 0.3) is 0 Å². The van der Waals surface area contributed by atoms with Gasteiger partial charge in [-0.15, -0.1) is 0 Å². The fourth-order valence-corrected chi connectivity index (χ4v) is 1.57. The monoisotopic (exact) mass is 241 g/mol. The van der Waals surface area contributed by atoms with Crippen molar-refractivity contribution in [1.29, 1.82) is 0 Å². The molecule has 0 amide bonds. The van der Waals surface area contributed by atoms with E-state index < -0.39 is 0 Å². The van der Waals surface area contributed by atoms with Gasteiger partial charge in [-0.3, -0.25) is 0 Å². The lowest BCUT2D eigenvalue weighted by atomic mass is 10.1. The molecule has 17 heavy (non-hydrogen) atoms. The standard InChI is InChI=1S/C13H20FNO2/c1-16-8-2-3-9-17-13-5-4-12(14)10-11(13)6-7-15/h4-5,10H,2-3,6-9,15H2,1H3. The highest BCUT2D eigenvalue weighted by Crippen LogP contribution is 2.20. The van der Waals surface area contributed by atoms with Crippen molar-refractivity contribution in [3.8, 4) is 5.75 Å². The maximum absolute atomic E-state index is 13.0. The van der Waals surface area contributed by atoms with Gasteiger partial charge in [0.25, 0.3) is 0 Å². The Hall–Kier alpha value is -1.13. The molecule has 0 aliphatic rings. The average molecular weight is 241 g/mol. The Morgan fingerprint density at radius 3 is 2.71 bits per heavy atom. The average Bonchev–Trinajstić information content (AvgIpc) is 2.32. The van der Waals surface area contributed by atoms with Gasteiger partial charge < -0.3 is 15.2 Å². The topological polar surface area (TPSA) is 44.5 Å². The predicted molar refractivity (Wildman–Crippen MR) is 65.8 cm³/mol. The number of benzene rings is 1. The van der Waals surface area contributed by atoms with E-state index in [0.717, 1.165) is 30.8 Å². The van der Waals surface area contributed by atoms with Crippen molar-refractivity contribution in [2.45, 2.75) is 19.3 Å². The zero-order chi connectivity index (χ0) is 12.5. The quantitative estimate of drug-likeness (QED) is 0.709. The van der Waals surface area contributed by atoms with E-state index in [-0.39, 0.29) is 5.82 Å². The highest BCUT2D eigenvalue weighted by molar-refractivity contribution is 5.34. The molecule has 4 heteroatoms. The number of nitrogens with two attached hydrogens (primary N) is 1. The summed E-state index contributed by atoms with van der Waals surface area (Å²) in [5.74, 6) is 0.481. The van der Waals surface area contributed by atoms with E-state index in [0.29, 0.717) is 19.6 Å². The summed E-state index contributed by atoms with van der Waals surface area (Å²) < 4.78 is 23.6. The molecule has 0 aliphatic heterocycles. The molecule has 2 N–H and O–H groups in total. The predicted octanol–water partition coefficient (Wildman–Crippen LogP) is 2.13. The van der Waals surface area contributed by atoms with Crippen LogP contribution in [-0.4, -0.2) is 26.9 Å². The molecular weight excluding hydrogens is 221 g/mol. The number of rotatable bonds is 8. The van der Waals surface area contributed by atoms with Crippen LogP contribution >= 0.6 is 0 Å². The molecule has 0 spiro atoms. The first-order chi connectivity index (χ1) is 8.27. The fraction of sp³-hybridized carbons (Fsp3) is 0.538. The van der Waals surface area contributed by atoms with Crippen molar-refractivity contribution in [3.05, 3.63) is 29.6 Å². The molecule has 1 rings (SSSR count). The smallest absolute Gasteiger partial charge is 0.123 e. The van der Waals surface area contributed by atoms with Gasteiger partial charge in [-0.05, 0) is 49.6 Å². The van der Waals surface area contributed by atoms with Crippen LogP contribution in [0.3, 0.4) is 0 Å². The number of unbranched alkanes of at least 4 members (excludes halogenated alkanes) is 1. The summed E-state index contributed by atoms with van der Waals surface area (Å²) in [7, 11) is 1.68. The molecule has 0 radical (unpaired) electrons. The van der Waals surface area contributed by atoms with Crippen molar-refractivity contribution < 1.29 is 13.9 Å². The van der Waals surface area contributed by atoms with E-state index in [9.17, 15) is 4.39 Å². The summed E-state index contributed by atoms with van der Waals surface area (Å²) in [6.07, 6.45) is 2.52. The van der Waals surface area contributed by atoms with Gasteiger partial charge in [0.15, 0.2) is 0 Å². The van der Waals surface area contributed by atoms with E-state index >= 15 is 0 Å². The second-order valence-electron chi connectivity index (χ2n) is 3.84. The van der Waals surface area contributed by atoms with Gasteiger partial charge in [-0.25, -0.2) is 4.39 Å². The first kappa shape index (κ1) is 13.9. The molecule has 3 nitrogen and oxygen atoms in total. The largest absolute Gasteiger partial charge is 0.493 e. The summed E-state index contributed by atoms with van der Waals surface area (Å²) in [6, 6.07) is 4.55. The third kappa shape index (κ3) is 5.15. The normalized spacial score (nSPS) is 10.5. The van der Waals surface area contributed by atoms with Crippen molar-refractivity contribution in [2.75, 3.05) is 26.9 Å². The molecule has 0 saturated heterocycles. The molecular formula is C13H20FNO2. The minimum atomic E-state index is -0.250. The first-order valence-electron chi connectivity index (χ1n) is 5.88. The Labute approximate surface area is 102 Å². The van der Waals surface area contributed by atoms with E-state index in [2.05, 4.69) is 0 Å². The van der Waals surface area contributed by atoms with Gasteiger partial charge in [0, 0.05) is 13.7 Å². The van der Waals surface area contributed by atoms with Crippen LogP contribution in [0, 0.1) is 5.82 Å². The zero-order valence-electron chi connectivity index (χ0n) is 10.2. The van der Waals surface area contributed by atoms with Gasteiger partial charge in [0.1, 0.15) is 11.6 Å². The lowest BCUT2D eigenvalue weighted by Crippen LogP contribution is -2.07. The Morgan fingerprint density at radius 2 is 2.00 bits per heavy atom. The van der Waals surface area contributed by atoms with Gasteiger partial charge in [-0.1, -0.05) is 0 Å². The summed E-state index contributed by atoms with van der Waals surface area (Å²) in [5, 5.41) is 0. The molecule has 0 unspecified atom stereocenters. The van der Waals surface area contributed by atoms with Crippen LogP contribution in [0.1, 0.15) is 18.4 Å². The maximum atomic E-state index is 13.0. The molecule has 0 saturated carbocycles. The van der Waals surface area contributed by atoms with Gasteiger partial charge >= 0.3 is 0 Å². The van der Waals surface area contributed by atoms with Crippen LogP contribution in [-0.2, 0) is 11.2 Å². The Bertz CT molecular complexity index is 331. The number of hydrogen-bond acceptors (Lipinski definition) is 3. The molecule has 0 atom stereocenters. The SMILES string of the molecule is COCCCCOc1ccc(F)cc1CCN. The maximum Gasteiger partial charge on any atom is 0.123 e. The zero-order valence-corrected chi connectivity index (χ0v) is 10.2. The van der Waals surface area contributed by atoms with Crippen molar-refractivity contribution in [1.82, 2.24) is 0 Å². The minimum absolute atomic E-state index is 0.250. The van der Waals surface area contributed by atoms with Gasteiger partial charge in [0.05, 0.1) is 6.61 Å². The summed E-state index contributed by atoms with van der Waals surface area (Å²) in [5.41, 5.74) is 6.31. The summed E-state index contributed by atoms with van der Waals surface area (Å²) >= 11 is 0. The summed E-state index contributed by atoms with van der Waals surface area (Å²) in [4.78, 5) is 0. The van der Waals surface area contributed by atoms with Crippen LogP contribution in [0.2, 0.25) is 0 Å². The third-order valence-corrected chi connectivity index (χ3v) is 2.44. The summed E-state index contributed by atoms with van der Waals surface area (Å²) in [6.45, 7) is 1.85. The molecule has 0 aromatic heterocycles. The highest BCUT2D eigenvalue weighted by atomic mass is 19.1. The first-order valence-corrected chi connectivity index (χ1v) is 5.88. The highest BCUT2D eigenvalue weighted by Gasteiger charge is 2.04.